The van der Waals surface area contributed by atoms with E-state index >= 15 is 0 Å². The van der Waals surface area contributed by atoms with Crippen molar-refractivity contribution in [1.29, 1.82) is 0 Å². The summed E-state index contributed by atoms with van der Waals surface area (Å²) in [7, 11) is 0. The molecule has 1 N–H and O–H groups in total. The fourth-order valence-corrected chi connectivity index (χ4v) is 3.21. The van der Waals surface area contributed by atoms with E-state index in [9.17, 15) is 9.59 Å². The number of nitrogens with one attached hydrogen (secondary N) is 1. The zero-order valence-electron chi connectivity index (χ0n) is 16.5. The molecule has 7 nitrogen and oxygen atoms in total. The molecule has 2 aromatic carbocycles. The van der Waals surface area contributed by atoms with E-state index in [0.29, 0.717) is 24.3 Å². The van der Waals surface area contributed by atoms with Crippen molar-refractivity contribution >= 4 is 5.91 Å². The van der Waals surface area contributed by atoms with Gasteiger partial charge in [-0.15, -0.1) is 0 Å². The molecule has 0 bridgehead atoms. The topological polar surface area (TPSA) is 81.8 Å². The molecule has 0 saturated heterocycles. The Morgan fingerprint density at radius 3 is 2.43 bits per heavy atom. The second-order valence-corrected chi connectivity index (χ2v) is 6.82. The minimum atomic E-state index is -0.225. The van der Waals surface area contributed by atoms with Crippen LogP contribution in [0.15, 0.2) is 84.0 Å². The van der Waals surface area contributed by atoms with Crippen LogP contribution in [-0.4, -0.2) is 31.8 Å². The van der Waals surface area contributed by atoms with Gasteiger partial charge in [-0.25, -0.2) is 9.67 Å². The van der Waals surface area contributed by atoms with E-state index in [1.165, 1.54) is 17.0 Å². The normalized spacial score (nSPS) is 10.7. The van der Waals surface area contributed by atoms with Crippen molar-refractivity contribution in [3.05, 3.63) is 101 Å². The van der Waals surface area contributed by atoms with Gasteiger partial charge in [0.25, 0.3) is 11.5 Å². The Labute approximate surface area is 173 Å². The first-order chi connectivity index (χ1) is 14.6. The first kappa shape index (κ1) is 19.3. The first-order valence-electron chi connectivity index (χ1n) is 9.63. The average molecular weight is 399 g/mol. The molecule has 1 amide bonds. The Morgan fingerprint density at radius 2 is 1.73 bits per heavy atom. The predicted molar refractivity (Wildman–Crippen MR) is 115 cm³/mol. The Kier molecular flexibility index (Phi) is 5.52. The lowest BCUT2D eigenvalue weighted by Crippen LogP contribution is -2.31. The Hall–Kier alpha value is -4.00. The summed E-state index contributed by atoms with van der Waals surface area (Å²) in [5.41, 5.74) is 3.51. The highest BCUT2D eigenvalue weighted by atomic mass is 16.2. The molecule has 7 heteroatoms. The van der Waals surface area contributed by atoms with Gasteiger partial charge in [0.2, 0.25) is 0 Å². The van der Waals surface area contributed by atoms with Gasteiger partial charge in [-0.1, -0.05) is 48.5 Å². The van der Waals surface area contributed by atoms with Gasteiger partial charge in [-0.3, -0.25) is 14.2 Å². The summed E-state index contributed by atoms with van der Waals surface area (Å²) in [6.45, 7) is 2.49. The Morgan fingerprint density at radius 1 is 1.03 bits per heavy atom. The Bertz CT molecular complexity index is 1210. The third kappa shape index (κ3) is 4.05. The molecule has 0 saturated carbocycles. The van der Waals surface area contributed by atoms with Crippen molar-refractivity contribution in [2.24, 2.45) is 0 Å². The van der Waals surface area contributed by atoms with Gasteiger partial charge in [0.1, 0.15) is 0 Å². The average Bonchev–Trinajstić information content (AvgIpc) is 3.17. The molecule has 0 aliphatic heterocycles. The lowest BCUT2D eigenvalue weighted by atomic mass is 10.1. The molecule has 0 fully saturated rings. The monoisotopic (exact) mass is 399 g/mol. The highest BCUT2D eigenvalue weighted by Crippen LogP contribution is 2.14. The van der Waals surface area contributed by atoms with Crippen molar-refractivity contribution in [2.45, 2.75) is 13.5 Å². The molecule has 4 aromatic rings. The molecule has 0 aliphatic carbocycles. The lowest BCUT2D eigenvalue weighted by Gasteiger charge is -2.09. The number of para-hydroxylation sites is 1. The summed E-state index contributed by atoms with van der Waals surface area (Å²) >= 11 is 0. The zero-order chi connectivity index (χ0) is 20.9. The zero-order valence-corrected chi connectivity index (χ0v) is 16.5. The van der Waals surface area contributed by atoms with Crippen LogP contribution in [-0.2, 0) is 6.54 Å². The van der Waals surface area contributed by atoms with Gasteiger partial charge in [-0.05, 0) is 19.1 Å². The smallest absolute Gasteiger partial charge is 0.254 e. The van der Waals surface area contributed by atoms with Crippen LogP contribution in [0.4, 0.5) is 0 Å². The molecule has 0 spiro atoms. The fourth-order valence-electron chi connectivity index (χ4n) is 3.21. The quantitative estimate of drug-likeness (QED) is 0.541. The summed E-state index contributed by atoms with van der Waals surface area (Å²) in [4.78, 5) is 29.3. The maximum atomic E-state index is 12.6. The van der Waals surface area contributed by atoms with Crippen molar-refractivity contribution in [1.82, 2.24) is 24.6 Å². The third-order valence-corrected chi connectivity index (χ3v) is 4.84. The summed E-state index contributed by atoms with van der Waals surface area (Å²) in [6.07, 6.45) is 3.07. The van der Waals surface area contributed by atoms with Gasteiger partial charge in [-0.2, -0.15) is 5.10 Å². The third-order valence-electron chi connectivity index (χ3n) is 4.84. The maximum Gasteiger partial charge on any atom is 0.254 e. The molecular weight excluding hydrogens is 378 g/mol. The molecule has 4 rings (SSSR count). The SMILES string of the molecule is Cc1c(C(=O)NCCn2cnc(-c3ccccc3)cc2=O)cnn1-c1ccccc1. The van der Waals surface area contributed by atoms with E-state index < -0.39 is 0 Å². The van der Waals surface area contributed by atoms with E-state index in [0.717, 1.165) is 16.9 Å². The number of nitrogens with zero attached hydrogens (tertiary/aromatic N) is 4. The molecule has 0 radical (unpaired) electrons. The van der Waals surface area contributed by atoms with Crippen molar-refractivity contribution < 1.29 is 4.79 Å². The molecular formula is C23H21N5O2. The van der Waals surface area contributed by atoms with E-state index in [4.69, 9.17) is 0 Å². The maximum absolute atomic E-state index is 12.6. The van der Waals surface area contributed by atoms with Gasteiger partial charge in [0.15, 0.2) is 0 Å². The molecule has 2 aromatic heterocycles. The molecule has 150 valence electrons. The summed E-state index contributed by atoms with van der Waals surface area (Å²) in [5.74, 6) is -0.225. The molecule has 30 heavy (non-hydrogen) atoms. The van der Waals surface area contributed by atoms with Crippen LogP contribution in [0, 0.1) is 6.92 Å². The van der Waals surface area contributed by atoms with E-state index in [2.05, 4.69) is 15.4 Å². The van der Waals surface area contributed by atoms with Crippen LogP contribution in [0.5, 0.6) is 0 Å². The van der Waals surface area contributed by atoms with Crippen LogP contribution < -0.4 is 10.9 Å². The number of hydrogen-bond donors (Lipinski definition) is 1. The summed E-state index contributed by atoms with van der Waals surface area (Å²) in [6, 6.07) is 20.7. The molecule has 2 heterocycles. The van der Waals surface area contributed by atoms with Gasteiger partial charge in [0, 0.05) is 24.7 Å². The van der Waals surface area contributed by atoms with Crippen molar-refractivity contribution in [3.8, 4) is 16.9 Å². The van der Waals surface area contributed by atoms with Gasteiger partial charge in [0.05, 0.1) is 35.2 Å². The predicted octanol–water partition coefficient (Wildman–Crippen LogP) is 2.83. The molecule has 0 atom stereocenters. The van der Waals surface area contributed by atoms with Crippen molar-refractivity contribution in [3.63, 3.8) is 0 Å². The van der Waals surface area contributed by atoms with Crippen LogP contribution in [0.2, 0.25) is 0 Å². The number of carbonyl (C=O) groups excluding carboxylic acids is 1. The fraction of sp³-hybridized carbons (Fsp3) is 0.130. The van der Waals surface area contributed by atoms with E-state index in [-0.39, 0.29) is 11.5 Å². The Balaban J connectivity index is 1.40. The number of aromatic nitrogens is 4. The van der Waals surface area contributed by atoms with E-state index in [1.54, 1.807) is 10.9 Å². The second kappa shape index (κ2) is 8.57. The molecule has 0 unspecified atom stereocenters. The highest BCUT2D eigenvalue weighted by molar-refractivity contribution is 5.95. The van der Waals surface area contributed by atoms with Gasteiger partial charge < -0.3 is 5.32 Å². The number of rotatable bonds is 6. The molecule has 0 aliphatic rings. The number of amides is 1. The first-order valence-corrected chi connectivity index (χ1v) is 9.63. The van der Waals surface area contributed by atoms with Crippen LogP contribution >= 0.6 is 0 Å². The van der Waals surface area contributed by atoms with Crippen LogP contribution in [0.3, 0.4) is 0 Å². The summed E-state index contributed by atoms with van der Waals surface area (Å²) in [5, 5.41) is 7.16. The van der Waals surface area contributed by atoms with Crippen LogP contribution in [0.1, 0.15) is 16.1 Å². The minimum Gasteiger partial charge on any atom is -0.350 e. The van der Waals surface area contributed by atoms with Crippen LogP contribution in [0.25, 0.3) is 16.9 Å². The second-order valence-electron chi connectivity index (χ2n) is 6.82. The number of benzene rings is 2. The largest absolute Gasteiger partial charge is 0.350 e. The number of hydrogen-bond acceptors (Lipinski definition) is 4. The standard InChI is InChI=1S/C23H21N5O2/c1-17-20(15-26-28(17)19-10-6-3-7-11-19)23(30)24-12-13-27-16-25-21(14-22(27)29)18-8-4-2-5-9-18/h2-11,14-16H,12-13H2,1H3,(H,24,30). The lowest BCUT2D eigenvalue weighted by molar-refractivity contribution is 0.0951. The number of carbonyl (C=O) groups is 1. The highest BCUT2D eigenvalue weighted by Gasteiger charge is 2.14. The van der Waals surface area contributed by atoms with Gasteiger partial charge >= 0.3 is 0 Å². The van der Waals surface area contributed by atoms with E-state index in [1.807, 2.05) is 67.6 Å². The minimum absolute atomic E-state index is 0.161. The van der Waals surface area contributed by atoms with Crippen molar-refractivity contribution in [2.75, 3.05) is 6.54 Å². The summed E-state index contributed by atoms with van der Waals surface area (Å²) < 4.78 is 3.21.